The molecule has 1 aliphatic heterocycles. The van der Waals surface area contributed by atoms with Crippen LogP contribution in [0.15, 0.2) is 61.3 Å². The molecule has 0 unspecified atom stereocenters. The van der Waals surface area contributed by atoms with Crippen LogP contribution in [-0.4, -0.2) is 70.8 Å². The molecule has 2 N–H and O–H groups in total. The fourth-order valence-electron chi connectivity index (χ4n) is 5.05. The van der Waals surface area contributed by atoms with E-state index < -0.39 is 0 Å². The van der Waals surface area contributed by atoms with Crippen LogP contribution in [0.3, 0.4) is 0 Å². The van der Waals surface area contributed by atoms with Gasteiger partial charge >= 0.3 is 0 Å². The number of H-pyrrole nitrogens is 2. The highest BCUT2D eigenvalue weighted by Crippen LogP contribution is 2.30. The fourth-order valence-corrected chi connectivity index (χ4v) is 5.05. The molecule has 1 saturated heterocycles. The van der Waals surface area contributed by atoms with Gasteiger partial charge in [-0.2, -0.15) is 5.10 Å². The average Bonchev–Trinajstić information content (AvgIpc) is 3.74. The molecule has 10 heteroatoms. The Morgan fingerprint density at radius 1 is 1.00 bits per heavy atom. The largest absolute Gasteiger partial charge is 0.491 e. The maximum absolute atomic E-state index is 6.01. The van der Waals surface area contributed by atoms with Crippen molar-refractivity contribution in [3.63, 3.8) is 0 Å². The van der Waals surface area contributed by atoms with E-state index in [9.17, 15) is 0 Å². The summed E-state index contributed by atoms with van der Waals surface area (Å²) in [6, 6.07) is 12.0. The van der Waals surface area contributed by atoms with E-state index in [4.69, 9.17) is 14.7 Å². The van der Waals surface area contributed by atoms with Gasteiger partial charge in [0.1, 0.15) is 23.4 Å². The van der Waals surface area contributed by atoms with Crippen molar-refractivity contribution < 1.29 is 4.74 Å². The molecule has 0 aliphatic carbocycles. The molecule has 7 rings (SSSR count). The average molecular weight is 506 g/mol. The SMILES string of the molecule is Cc1cn(-c2cccc3[nH]c(-c4n[nH]c5ccc(-c6cncc(OCCN7CCCC7)c6)nc45)nc23)cn1. The Balaban J connectivity index is 1.20. The van der Waals surface area contributed by atoms with Crippen LogP contribution in [0.5, 0.6) is 5.75 Å². The third kappa shape index (κ3) is 4.18. The Hall–Kier alpha value is -4.57. The van der Waals surface area contributed by atoms with E-state index in [0.717, 1.165) is 70.1 Å². The third-order valence-electron chi connectivity index (χ3n) is 7.00. The normalized spacial score (nSPS) is 14.1. The highest BCUT2D eigenvalue weighted by Gasteiger charge is 2.17. The summed E-state index contributed by atoms with van der Waals surface area (Å²) in [6.07, 6.45) is 9.90. The Kier molecular flexibility index (Phi) is 5.58. The Bertz CT molecular complexity index is 1740. The first-order chi connectivity index (χ1) is 18.7. The van der Waals surface area contributed by atoms with Crippen LogP contribution in [0.25, 0.3) is 50.5 Å². The quantitative estimate of drug-likeness (QED) is 0.328. The molecular formula is C28H27N9O. The topological polar surface area (TPSA) is 113 Å². The maximum atomic E-state index is 6.01. The van der Waals surface area contributed by atoms with Crippen LogP contribution in [0.2, 0.25) is 0 Å². The van der Waals surface area contributed by atoms with E-state index in [1.54, 1.807) is 12.5 Å². The number of rotatable bonds is 7. The molecular weight excluding hydrogens is 478 g/mol. The molecule has 1 fully saturated rings. The Labute approximate surface area is 218 Å². The number of benzene rings is 1. The summed E-state index contributed by atoms with van der Waals surface area (Å²) in [5.41, 5.74) is 7.58. The van der Waals surface area contributed by atoms with Gasteiger partial charge in [-0.3, -0.25) is 15.0 Å². The number of imidazole rings is 2. The van der Waals surface area contributed by atoms with Crippen LogP contribution >= 0.6 is 0 Å². The van der Waals surface area contributed by atoms with Gasteiger partial charge in [0.15, 0.2) is 11.5 Å². The minimum Gasteiger partial charge on any atom is -0.491 e. The van der Waals surface area contributed by atoms with Crippen molar-refractivity contribution in [1.82, 2.24) is 44.6 Å². The number of likely N-dealkylation sites (tertiary alicyclic amines) is 1. The second kappa shape index (κ2) is 9.38. The highest BCUT2D eigenvalue weighted by molar-refractivity contribution is 5.93. The smallest absolute Gasteiger partial charge is 0.161 e. The molecule has 5 aromatic heterocycles. The van der Waals surface area contributed by atoms with Gasteiger partial charge in [-0.1, -0.05) is 6.07 Å². The zero-order valence-corrected chi connectivity index (χ0v) is 21.1. The predicted molar refractivity (Wildman–Crippen MR) is 145 cm³/mol. The second-order valence-electron chi connectivity index (χ2n) is 9.65. The molecule has 1 aliphatic rings. The van der Waals surface area contributed by atoms with E-state index >= 15 is 0 Å². The molecule has 0 saturated carbocycles. The number of para-hydroxylation sites is 1. The number of nitrogens with one attached hydrogen (secondary N) is 2. The predicted octanol–water partition coefficient (Wildman–Crippen LogP) is 4.53. The van der Waals surface area contributed by atoms with Crippen molar-refractivity contribution in [2.24, 2.45) is 0 Å². The lowest BCUT2D eigenvalue weighted by Crippen LogP contribution is -2.25. The van der Waals surface area contributed by atoms with Crippen molar-refractivity contribution in [2.45, 2.75) is 19.8 Å². The van der Waals surface area contributed by atoms with Gasteiger partial charge in [0.25, 0.3) is 0 Å². The van der Waals surface area contributed by atoms with E-state index in [1.165, 1.54) is 12.8 Å². The Morgan fingerprint density at radius 2 is 1.92 bits per heavy atom. The zero-order valence-electron chi connectivity index (χ0n) is 21.1. The summed E-state index contributed by atoms with van der Waals surface area (Å²) in [4.78, 5) is 24.5. The molecule has 38 heavy (non-hydrogen) atoms. The molecule has 6 heterocycles. The van der Waals surface area contributed by atoms with E-state index in [2.05, 4.69) is 30.0 Å². The second-order valence-corrected chi connectivity index (χ2v) is 9.65. The van der Waals surface area contributed by atoms with Crippen LogP contribution in [0.1, 0.15) is 18.5 Å². The maximum Gasteiger partial charge on any atom is 0.161 e. The molecule has 0 spiro atoms. The van der Waals surface area contributed by atoms with Crippen LogP contribution in [0, 0.1) is 6.92 Å². The summed E-state index contributed by atoms with van der Waals surface area (Å²) < 4.78 is 7.99. The van der Waals surface area contributed by atoms with Gasteiger partial charge in [0, 0.05) is 24.5 Å². The summed E-state index contributed by atoms with van der Waals surface area (Å²) in [5.74, 6) is 1.40. The van der Waals surface area contributed by atoms with E-state index in [1.807, 2.05) is 60.3 Å². The highest BCUT2D eigenvalue weighted by atomic mass is 16.5. The van der Waals surface area contributed by atoms with Crippen molar-refractivity contribution >= 4 is 22.1 Å². The minimum atomic E-state index is 0.649. The number of aryl methyl sites for hydroxylation is 1. The molecule has 0 bridgehead atoms. The molecule has 0 amide bonds. The minimum absolute atomic E-state index is 0.649. The number of ether oxygens (including phenoxy) is 1. The zero-order chi connectivity index (χ0) is 25.5. The lowest BCUT2D eigenvalue weighted by Gasteiger charge is -2.15. The molecule has 10 nitrogen and oxygen atoms in total. The van der Waals surface area contributed by atoms with Crippen LogP contribution in [0.4, 0.5) is 0 Å². The lowest BCUT2D eigenvalue weighted by molar-refractivity contribution is 0.237. The summed E-state index contributed by atoms with van der Waals surface area (Å²) in [5, 5.41) is 7.65. The molecule has 6 aromatic rings. The number of fused-ring (bicyclic) bond motifs is 2. The number of nitrogens with zero attached hydrogens (tertiary/aromatic N) is 7. The first-order valence-electron chi connectivity index (χ1n) is 12.9. The molecule has 0 radical (unpaired) electrons. The summed E-state index contributed by atoms with van der Waals surface area (Å²) >= 11 is 0. The van der Waals surface area contributed by atoms with Crippen LogP contribution in [-0.2, 0) is 0 Å². The van der Waals surface area contributed by atoms with Gasteiger partial charge in [-0.25, -0.2) is 15.0 Å². The van der Waals surface area contributed by atoms with Crippen molar-refractivity contribution in [3.05, 3.63) is 67.0 Å². The van der Waals surface area contributed by atoms with Gasteiger partial charge in [0.05, 0.1) is 40.6 Å². The number of pyridine rings is 2. The van der Waals surface area contributed by atoms with Crippen molar-refractivity contribution in [3.8, 4) is 34.2 Å². The summed E-state index contributed by atoms with van der Waals surface area (Å²) in [6.45, 7) is 5.88. The Morgan fingerprint density at radius 3 is 2.79 bits per heavy atom. The van der Waals surface area contributed by atoms with E-state index in [-0.39, 0.29) is 0 Å². The number of aromatic amines is 2. The standard InChI is InChI=1S/C28H27N9O/c1-18-16-37(17-30-18)24-6-4-5-22-25(24)33-28(32-22)27-26-23(34-35-27)8-7-21(31-26)19-13-20(15-29-14-19)38-12-11-36-9-2-3-10-36/h4-8,13-17H,2-3,9-12H2,1H3,(H,32,33)(H,34,35). The fraction of sp³-hybridized carbons (Fsp3) is 0.250. The number of hydrogen-bond donors (Lipinski definition) is 2. The number of aromatic nitrogens is 8. The van der Waals surface area contributed by atoms with Crippen molar-refractivity contribution in [2.75, 3.05) is 26.2 Å². The summed E-state index contributed by atoms with van der Waals surface area (Å²) in [7, 11) is 0. The first-order valence-corrected chi connectivity index (χ1v) is 12.9. The van der Waals surface area contributed by atoms with Gasteiger partial charge in [-0.05, 0) is 63.2 Å². The van der Waals surface area contributed by atoms with Crippen molar-refractivity contribution in [1.29, 1.82) is 0 Å². The van der Waals surface area contributed by atoms with E-state index in [0.29, 0.717) is 18.1 Å². The van der Waals surface area contributed by atoms with Crippen LogP contribution < -0.4 is 4.74 Å². The third-order valence-corrected chi connectivity index (χ3v) is 7.00. The van der Waals surface area contributed by atoms with Gasteiger partial charge in [0.2, 0.25) is 0 Å². The molecule has 1 aromatic carbocycles. The molecule has 0 atom stereocenters. The first kappa shape index (κ1) is 22.6. The lowest BCUT2D eigenvalue weighted by atomic mass is 10.1. The monoisotopic (exact) mass is 505 g/mol. The molecule has 190 valence electrons. The van der Waals surface area contributed by atoms with Gasteiger partial charge in [-0.15, -0.1) is 0 Å². The van der Waals surface area contributed by atoms with Gasteiger partial charge < -0.3 is 14.3 Å². The number of hydrogen-bond acceptors (Lipinski definition) is 7.